The van der Waals surface area contributed by atoms with Crippen molar-refractivity contribution in [1.29, 1.82) is 0 Å². The van der Waals surface area contributed by atoms with E-state index in [9.17, 15) is 27.6 Å². The fraction of sp³-hybridized carbons (Fsp3) is 0.515. The van der Waals surface area contributed by atoms with E-state index in [0.717, 1.165) is 24.2 Å². The monoisotopic (exact) mass is 686 g/mol. The minimum Gasteiger partial charge on any atom is -0.318 e. The number of imidazole rings is 1. The molecule has 258 valence electrons. The zero-order chi connectivity index (χ0) is 34.6. The molecule has 2 aromatic carbocycles. The average molecular weight is 687 g/mol. The highest BCUT2D eigenvalue weighted by Gasteiger charge is 2.47. The Morgan fingerprint density at radius 2 is 1.79 bits per heavy atom. The first kappa shape index (κ1) is 33.8. The number of sulfonamides is 1. The van der Waals surface area contributed by atoms with Crippen LogP contribution in [0.25, 0.3) is 11.0 Å². The van der Waals surface area contributed by atoms with E-state index < -0.39 is 63.5 Å². The number of carbonyl (C=O) groups excluding carboxylic acids is 3. The van der Waals surface area contributed by atoms with Gasteiger partial charge < -0.3 is 10.2 Å². The van der Waals surface area contributed by atoms with Crippen molar-refractivity contribution in [3.63, 3.8) is 0 Å². The van der Waals surface area contributed by atoms with E-state index in [0.29, 0.717) is 34.4 Å². The number of alkyl halides is 2. The standard InChI is InChI=1S/C33H40F2N6O6S/c1-32(2)14-4-5-15-40(32)48(46,47)19-21-7-6-8-23(17-21)36-30(44)39-16-13-24(33(34,35)20-39)22-9-10-25-27(18-22)38(3)31(45)41(25)26-11-12-28(42)37-29(26)43/h6-10,17-18,24,26H,4-5,11-16,19-20H2,1-3H3,(H,36,44)(H,37,42,43)/t24-,26?/m0/s1. The number of anilines is 1. The molecular weight excluding hydrogens is 646 g/mol. The van der Waals surface area contributed by atoms with E-state index in [1.165, 1.54) is 28.3 Å². The highest BCUT2D eigenvalue weighted by atomic mass is 32.2. The number of likely N-dealkylation sites (tertiary alicyclic amines) is 1. The van der Waals surface area contributed by atoms with Crippen LogP contribution in [-0.2, 0) is 32.4 Å². The molecule has 0 bridgehead atoms. The number of aromatic nitrogens is 2. The lowest BCUT2D eigenvalue weighted by Crippen LogP contribution is -2.51. The summed E-state index contributed by atoms with van der Waals surface area (Å²) in [5.74, 6) is -5.76. The maximum Gasteiger partial charge on any atom is 0.329 e. The molecule has 1 unspecified atom stereocenters. The second-order valence-electron chi connectivity index (χ2n) is 13.7. The predicted molar refractivity (Wildman–Crippen MR) is 175 cm³/mol. The zero-order valence-electron chi connectivity index (χ0n) is 27.2. The predicted octanol–water partition coefficient (Wildman–Crippen LogP) is 4.07. The molecule has 3 saturated heterocycles. The topological polar surface area (TPSA) is 143 Å². The number of halogens is 2. The van der Waals surface area contributed by atoms with Crippen molar-refractivity contribution in [2.75, 3.05) is 25.0 Å². The summed E-state index contributed by atoms with van der Waals surface area (Å²) in [6, 6.07) is 9.41. The molecule has 12 nitrogen and oxygen atoms in total. The van der Waals surface area contributed by atoms with Crippen LogP contribution in [0.1, 0.15) is 75.5 Å². The number of aryl methyl sites for hydroxylation is 1. The summed E-state index contributed by atoms with van der Waals surface area (Å²) in [5.41, 5.74) is 0.891. The first-order chi connectivity index (χ1) is 22.6. The lowest BCUT2D eigenvalue weighted by Gasteiger charge is -2.41. The Balaban J connectivity index is 1.14. The summed E-state index contributed by atoms with van der Waals surface area (Å²) >= 11 is 0. The maximum atomic E-state index is 15.7. The first-order valence-electron chi connectivity index (χ1n) is 16.2. The number of hydrogen-bond donors (Lipinski definition) is 2. The highest BCUT2D eigenvalue weighted by molar-refractivity contribution is 7.88. The molecular formula is C33H40F2N6O6S. The minimum atomic E-state index is -3.62. The van der Waals surface area contributed by atoms with Crippen molar-refractivity contribution in [2.24, 2.45) is 7.05 Å². The fourth-order valence-corrected chi connectivity index (χ4v) is 9.34. The maximum absolute atomic E-state index is 15.7. The van der Waals surface area contributed by atoms with Gasteiger partial charge in [-0.25, -0.2) is 26.8 Å². The van der Waals surface area contributed by atoms with Crippen molar-refractivity contribution in [2.45, 2.75) is 81.5 Å². The second-order valence-corrected chi connectivity index (χ2v) is 15.6. The number of amides is 4. The number of fused-ring (bicyclic) bond motifs is 1. The van der Waals surface area contributed by atoms with Crippen LogP contribution in [-0.4, -0.2) is 75.7 Å². The molecule has 3 aliphatic heterocycles. The summed E-state index contributed by atoms with van der Waals surface area (Å²) in [5, 5.41) is 4.90. The normalized spacial score (nSPS) is 23.2. The molecule has 2 N–H and O–H groups in total. The summed E-state index contributed by atoms with van der Waals surface area (Å²) in [6.07, 6.45) is 2.73. The molecule has 15 heteroatoms. The molecule has 0 radical (unpaired) electrons. The summed E-state index contributed by atoms with van der Waals surface area (Å²) in [6.45, 7) is 3.49. The van der Waals surface area contributed by atoms with Gasteiger partial charge in [-0.05, 0) is 74.9 Å². The molecule has 0 aliphatic carbocycles. The highest BCUT2D eigenvalue weighted by Crippen LogP contribution is 2.41. The Morgan fingerprint density at radius 3 is 2.50 bits per heavy atom. The molecule has 48 heavy (non-hydrogen) atoms. The average Bonchev–Trinajstić information content (AvgIpc) is 3.25. The van der Waals surface area contributed by atoms with Crippen molar-refractivity contribution in [3.05, 3.63) is 64.1 Å². The number of urea groups is 1. The largest absolute Gasteiger partial charge is 0.329 e. The van der Waals surface area contributed by atoms with E-state index in [1.807, 2.05) is 13.8 Å². The van der Waals surface area contributed by atoms with Crippen LogP contribution >= 0.6 is 0 Å². The smallest absolute Gasteiger partial charge is 0.318 e. The quantitative estimate of drug-likeness (QED) is 0.375. The molecule has 4 heterocycles. The molecule has 0 spiro atoms. The van der Waals surface area contributed by atoms with Gasteiger partial charge in [-0.1, -0.05) is 24.6 Å². The molecule has 2 atom stereocenters. The number of nitrogens with one attached hydrogen (secondary N) is 2. The van der Waals surface area contributed by atoms with Crippen LogP contribution in [0, 0.1) is 0 Å². The third kappa shape index (κ3) is 6.37. The molecule has 0 saturated carbocycles. The van der Waals surface area contributed by atoms with Crippen LogP contribution < -0.4 is 16.3 Å². The van der Waals surface area contributed by atoms with Crippen molar-refractivity contribution in [1.82, 2.24) is 23.7 Å². The van der Waals surface area contributed by atoms with E-state index in [1.54, 1.807) is 34.6 Å². The van der Waals surface area contributed by atoms with E-state index in [4.69, 9.17) is 0 Å². The number of imide groups is 1. The number of benzene rings is 2. The van der Waals surface area contributed by atoms with Gasteiger partial charge in [0.15, 0.2) is 0 Å². The third-order valence-corrected chi connectivity index (χ3v) is 11.9. The van der Waals surface area contributed by atoms with E-state index in [2.05, 4.69) is 10.6 Å². The molecule has 6 rings (SSSR count). The van der Waals surface area contributed by atoms with Gasteiger partial charge in [0.05, 0.1) is 29.2 Å². The second kappa shape index (κ2) is 12.4. The van der Waals surface area contributed by atoms with Crippen LogP contribution in [0.2, 0.25) is 0 Å². The first-order valence-corrected chi connectivity index (χ1v) is 17.8. The fourth-order valence-electron chi connectivity index (χ4n) is 7.34. The Hall–Kier alpha value is -4.11. The van der Waals surface area contributed by atoms with Gasteiger partial charge in [0.2, 0.25) is 21.8 Å². The molecule has 1 aromatic heterocycles. The number of piperidine rings is 3. The van der Waals surface area contributed by atoms with Gasteiger partial charge in [0.25, 0.3) is 5.92 Å². The number of carbonyl (C=O) groups is 3. The summed E-state index contributed by atoms with van der Waals surface area (Å²) in [7, 11) is -2.12. The Kier molecular flexibility index (Phi) is 8.73. The zero-order valence-corrected chi connectivity index (χ0v) is 28.0. The van der Waals surface area contributed by atoms with E-state index in [-0.39, 0.29) is 31.6 Å². The summed E-state index contributed by atoms with van der Waals surface area (Å²) < 4.78 is 62.1. The lowest BCUT2D eigenvalue weighted by molar-refractivity contribution is -0.135. The van der Waals surface area contributed by atoms with Gasteiger partial charge in [0.1, 0.15) is 6.04 Å². The van der Waals surface area contributed by atoms with Crippen LogP contribution in [0.15, 0.2) is 47.3 Å². The van der Waals surface area contributed by atoms with Crippen molar-refractivity contribution < 1.29 is 31.6 Å². The van der Waals surface area contributed by atoms with Crippen LogP contribution in [0.5, 0.6) is 0 Å². The van der Waals surface area contributed by atoms with Gasteiger partial charge in [-0.3, -0.25) is 24.0 Å². The number of rotatable bonds is 6. The van der Waals surface area contributed by atoms with Crippen LogP contribution in [0.4, 0.5) is 19.3 Å². The van der Waals surface area contributed by atoms with Gasteiger partial charge in [-0.15, -0.1) is 0 Å². The number of hydrogen-bond acceptors (Lipinski definition) is 6. The van der Waals surface area contributed by atoms with Gasteiger partial charge in [-0.2, -0.15) is 4.31 Å². The van der Waals surface area contributed by atoms with Gasteiger partial charge >= 0.3 is 11.7 Å². The molecule has 3 aromatic rings. The third-order valence-electron chi connectivity index (χ3n) is 9.86. The van der Waals surface area contributed by atoms with Crippen LogP contribution in [0.3, 0.4) is 0 Å². The van der Waals surface area contributed by atoms with Crippen molar-refractivity contribution >= 4 is 44.6 Å². The Bertz CT molecular complexity index is 1950. The number of nitrogens with zero attached hydrogens (tertiary/aromatic N) is 4. The molecule has 4 amide bonds. The summed E-state index contributed by atoms with van der Waals surface area (Å²) in [4.78, 5) is 51.4. The van der Waals surface area contributed by atoms with Crippen molar-refractivity contribution in [3.8, 4) is 0 Å². The molecule has 3 aliphatic rings. The Morgan fingerprint density at radius 1 is 1.02 bits per heavy atom. The Labute approximate surface area is 277 Å². The minimum absolute atomic E-state index is 0.0401. The van der Waals surface area contributed by atoms with Gasteiger partial charge in [0, 0.05) is 37.8 Å². The SMILES string of the molecule is Cn1c(=O)n(C2CCC(=O)NC2=O)c2ccc([C@@H]3CCN(C(=O)Nc4cccc(CS(=O)(=O)N5CCCCC5(C)C)c4)CC3(F)F)cc21. The lowest BCUT2D eigenvalue weighted by atomic mass is 9.86. The molecule has 3 fully saturated rings. The van der Waals surface area contributed by atoms with E-state index >= 15 is 8.78 Å².